The van der Waals surface area contributed by atoms with Gasteiger partial charge in [0.25, 0.3) is 0 Å². The highest BCUT2D eigenvalue weighted by Crippen LogP contribution is 2.01. The van der Waals surface area contributed by atoms with Gasteiger partial charge in [-0.05, 0) is 26.0 Å². The number of nitrogens with two attached hydrogens (primary N) is 1. The molecule has 1 heterocycles. The van der Waals surface area contributed by atoms with Crippen molar-refractivity contribution in [3.05, 3.63) is 23.3 Å². The zero-order chi connectivity index (χ0) is 8.97. The number of aromatic nitrogens is 2. The van der Waals surface area contributed by atoms with Crippen LogP contribution in [0.4, 0.5) is 0 Å². The minimum atomic E-state index is 0.652. The predicted molar refractivity (Wildman–Crippen MR) is 48.9 cm³/mol. The van der Waals surface area contributed by atoms with E-state index >= 15 is 0 Å². The molecular formula is C9H15N3. The normalized spacial score (nSPS) is 10.2. The standard InChI is InChI=1S/C9H15N3/c1-3-8-6-9(4-5-10)12-7(2)11-8/h6H,3-5,10H2,1-2H3. The second-order valence-corrected chi connectivity index (χ2v) is 2.79. The molecular weight excluding hydrogens is 150 g/mol. The summed E-state index contributed by atoms with van der Waals surface area (Å²) in [4.78, 5) is 8.56. The van der Waals surface area contributed by atoms with E-state index in [4.69, 9.17) is 5.73 Å². The lowest BCUT2D eigenvalue weighted by Crippen LogP contribution is -2.07. The van der Waals surface area contributed by atoms with E-state index in [2.05, 4.69) is 16.9 Å². The van der Waals surface area contributed by atoms with Crippen molar-refractivity contribution in [3.8, 4) is 0 Å². The summed E-state index contributed by atoms with van der Waals surface area (Å²) in [6, 6.07) is 2.03. The van der Waals surface area contributed by atoms with E-state index in [1.54, 1.807) is 0 Å². The van der Waals surface area contributed by atoms with E-state index < -0.39 is 0 Å². The third kappa shape index (κ3) is 2.27. The highest BCUT2D eigenvalue weighted by atomic mass is 14.9. The molecule has 0 aliphatic carbocycles. The number of aryl methyl sites for hydroxylation is 2. The van der Waals surface area contributed by atoms with Gasteiger partial charge in [0.1, 0.15) is 5.82 Å². The van der Waals surface area contributed by atoms with E-state index in [0.29, 0.717) is 6.54 Å². The van der Waals surface area contributed by atoms with E-state index in [1.165, 1.54) is 0 Å². The van der Waals surface area contributed by atoms with Crippen molar-refractivity contribution in [2.45, 2.75) is 26.7 Å². The molecule has 66 valence electrons. The lowest BCUT2D eigenvalue weighted by Gasteiger charge is -2.02. The molecule has 0 radical (unpaired) electrons. The van der Waals surface area contributed by atoms with Crippen LogP contribution in [0.2, 0.25) is 0 Å². The maximum atomic E-state index is 5.44. The number of rotatable bonds is 3. The van der Waals surface area contributed by atoms with Gasteiger partial charge in [-0.2, -0.15) is 0 Å². The molecule has 0 spiro atoms. The largest absolute Gasteiger partial charge is 0.330 e. The van der Waals surface area contributed by atoms with Crippen molar-refractivity contribution in [3.63, 3.8) is 0 Å². The van der Waals surface area contributed by atoms with Gasteiger partial charge in [-0.1, -0.05) is 6.92 Å². The lowest BCUT2D eigenvalue weighted by atomic mass is 10.2. The van der Waals surface area contributed by atoms with Crippen LogP contribution in [-0.4, -0.2) is 16.5 Å². The molecule has 0 aromatic carbocycles. The summed E-state index contributed by atoms with van der Waals surface area (Å²) in [5.74, 6) is 0.845. The predicted octanol–water partition coefficient (Wildman–Crippen LogP) is 0.849. The van der Waals surface area contributed by atoms with Gasteiger partial charge in [-0.25, -0.2) is 9.97 Å². The summed E-state index contributed by atoms with van der Waals surface area (Å²) in [6.45, 7) is 4.66. The Hall–Kier alpha value is -0.960. The minimum Gasteiger partial charge on any atom is -0.330 e. The molecule has 0 aliphatic rings. The summed E-state index contributed by atoms with van der Waals surface area (Å²) < 4.78 is 0. The molecule has 0 amide bonds. The van der Waals surface area contributed by atoms with Gasteiger partial charge in [0.05, 0.1) is 0 Å². The summed E-state index contributed by atoms with van der Waals surface area (Å²) in [5.41, 5.74) is 7.60. The molecule has 0 fully saturated rings. The number of nitrogens with zero attached hydrogens (tertiary/aromatic N) is 2. The van der Waals surface area contributed by atoms with Crippen LogP contribution in [0, 0.1) is 6.92 Å². The molecule has 12 heavy (non-hydrogen) atoms. The van der Waals surface area contributed by atoms with E-state index in [-0.39, 0.29) is 0 Å². The average Bonchev–Trinajstić information content (AvgIpc) is 2.04. The maximum absolute atomic E-state index is 5.44. The third-order valence-corrected chi connectivity index (χ3v) is 1.71. The van der Waals surface area contributed by atoms with Gasteiger partial charge >= 0.3 is 0 Å². The molecule has 1 aromatic heterocycles. The van der Waals surface area contributed by atoms with Crippen LogP contribution in [0.5, 0.6) is 0 Å². The van der Waals surface area contributed by atoms with Gasteiger partial charge in [0.2, 0.25) is 0 Å². The van der Waals surface area contributed by atoms with Crippen LogP contribution in [0.15, 0.2) is 6.07 Å². The fourth-order valence-electron chi connectivity index (χ4n) is 1.15. The van der Waals surface area contributed by atoms with Crippen molar-refractivity contribution < 1.29 is 0 Å². The van der Waals surface area contributed by atoms with E-state index in [9.17, 15) is 0 Å². The summed E-state index contributed by atoms with van der Waals surface area (Å²) in [7, 11) is 0. The van der Waals surface area contributed by atoms with Crippen LogP contribution in [0.1, 0.15) is 24.1 Å². The van der Waals surface area contributed by atoms with Crippen molar-refractivity contribution in [1.82, 2.24) is 9.97 Å². The summed E-state index contributed by atoms with van der Waals surface area (Å²) in [6.07, 6.45) is 1.80. The fourth-order valence-corrected chi connectivity index (χ4v) is 1.15. The molecule has 1 aromatic rings. The molecule has 0 unspecified atom stereocenters. The molecule has 3 heteroatoms. The van der Waals surface area contributed by atoms with Gasteiger partial charge in [0.15, 0.2) is 0 Å². The van der Waals surface area contributed by atoms with Crippen molar-refractivity contribution >= 4 is 0 Å². The molecule has 0 atom stereocenters. The first kappa shape index (κ1) is 9.13. The Labute approximate surface area is 73.0 Å². The maximum Gasteiger partial charge on any atom is 0.125 e. The zero-order valence-corrected chi connectivity index (χ0v) is 7.67. The molecule has 0 bridgehead atoms. The topological polar surface area (TPSA) is 51.8 Å². The smallest absolute Gasteiger partial charge is 0.125 e. The Morgan fingerprint density at radius 2 is 2.00 bits per heavy atom. The Morgan fingerprint density at radius 3 is 2.58 bits per heavy atom. The average molecular weight is 165 g/mol. The van der Waals surface area contributed by atoms with Gasteiger partial charge in [-0.3, -0.25) is 0 Å². The Bertz CT molecular complexity index is 258. The van der Waals surface area contributed by atoms with Crippen LogP contribution >= 0.6 is 0 Å². The first-order valence-corrected chi connectivity index (χ1v) is 4.29. The molecule has 2 N–H and O–H groups in total. The van der Waals surface area contributed by atoms with Crippen LogP contribution in [0.25, 0.3) is 0 Å². The zero-order valence-electron chi connectivity index (χ0n) is 7.67. The van der Waals surface area contributed by atoms with Crippen molar-refractivity contribution in [1.29, 1.82) is 0 Å². The molecule has 0 saturated carbocycles. The Kier molecular flexibility index (Phi) is 3.17. The SMILES string of the molecule is CCc1cc(CCN)nc(C)n1. The highest BCUT2D eigenvalue weighted by Gasteiger charge is 1.98. The second-order valence-electron chi connectivity index (χ2n) is 2.79. The first-order chi connectivity index (χ1) is 5.76. The quantitative estimate of drug-likeness (QED) is 0.722. The Balaban J connectivity index is 2.90. The monoisotopic (exact) mass is 165 g/mol. The fraction of sp³-hybridized carbons (Fsp3) is 0.556. The molecule has 0 aliphatic heterocycles. The lowest BCUT2D eigenvalue weighted by molar-refractivity contribution is 0.859. The van der Waals surface area contributed by atoms with Gasteiger partial charge < -0.3 is 5.73 Å². The number of hydrogen-bond donors (Lipinski definition) is 1. The third-order valence-electron chi connectivity index (χ3n) is 1.71. The summed E-state index contributed by atoms with van der Waals surface area (Å²) >= 11 is 0. The first-order valence-electron chi connectivity index (χ1n) is 4.29. The molecule has 3 nitrogen and oxygen atoms in total. The van der Waals surface area contributed by atoms with Crippen LogP contribution in [0.3, 0.4) is 0 Å². The number of hydrogen-bond acceptors (Lipinski definition) is 3. The highest BCUT2D eigenvalue weighted by molar-refractivity contribution is 5.11. The second kappa shape index (κ2) is 4.16. The van der Waals surface area contributed by atoms with E-state index in [0.717, 1.165) is 30.1 Å². The minimum absolute atomic E-state index is 0.652. The molecule has 0 saturated heterocycles. The summed E-state index contributed by atoms with van der Waals surface area (Å²) in [5, 5.41) is 0. The van der Waals surface area contributed by atoms with E-state index in [1.807, 2.05) is 13.0 Å². The van der Waals surface area contributed by atoms with Gasteiger partial charge in [0, 0.05) is 17.8 Å². The Morgan fingerprint density at radius 1 is 1.33 bits per heavy atom. The van der Waals surface area contributed by atoms with Crippen molar-refractivity contribution in [2.75, 3.05) is 6.54 Å². The van der Waals surface area contributed by atoms with Crippen LogP contribution < -0.4 is 5.73 Å². The molecule has 1 rings (SSSR count). The van der Waals surface area contributed by atoms with Crippen LogP contribution in [-0.2, 0) is 12.8 Å². The van der Waals surface area contributed by atoms with Gasteiger partial charge in [-0.15, -0.1) is 0 Å². The van der Waals surface area contributed by atoms with Crippen molar-refractivity contribution in [2.24, 2.45) is 5.73 Å².